The highest BCUT2D eigenvalue weighted by atomic mass is 35.5. The highest BCUT2D eigenvalue weighted by molar-refractivity contribution is 6.30. The van der Waals surface area contributed by atoms with Crippen molar-refractivity contribution in [1.82, 2.24) is 15.4 Å². The number of aliphatic imine (C=N–C) groups is 1. The lowest BCUT2D eigenvalue weighted by atomic mass is 10.2. The molecule has 1 N–H and O–H groups in total. The van der Waals surface area contributed by atoms with E-state index in [4.69, 9.17) is 16.1 Å². The normalized spacial score (nSPS) is 11.5. The molecule has 0 saturated heterocycles. The van der Waals surface area contributed by atoms with Gasteiger partial charge in [-0.25, -0.2) is 0 Å². The zero-order valence-corrected chi connectivity index (χ0v) is 13.2. The molecule has 0 fully saturated rings. The van der Waals surface area contributed by atoms with Crippen molar-refractivity contribution in [3.8, 4) is 0 Å². The van der Waals surface area contributed by atoms with E-state index >= 15 is 0 Å². The van der Waals surface area contributed by atoms with Crippen LogP contribution < -0.4 is 5.32 Å². The van der Waals surface area contributed by atoms with Crippen molar-refractivity contribution in [3.63, 3.8) is 0 Å². The molecule has 6 heteroatoms. The fourth-order valence-corrected chi connectivity index (χ4v) is 2.12. The summed E-state index contributed by atoms with van der Waals surface area (Å²) in [7, 11) is 3.74. The molecule has 0 unspecified atom stereocenters. The number of benzene rings is 1. The molecule has 0 aliphatic rings. The Morgan fingerprint density at radius 2 is 2.10 bits per heavy atom. The molecule has 1 heterocycles. The van der Waals surface area contributed by atoms with Gasteiger partial charge in [0, 0.05) is 31.7 Å². The molecule has 0 atom stereocenters. The van der Waals surface area contributed by atoms with Crippen molar-refractivity contribution in [1.29, 1.82) is 0 Å². The van der Waals surface area contributed by atoms with Gasteiger partial charge in [-0.15, -0.1) is 0 Å². The second-order valence-corrected chi connectivity index (χ2v) is 5.25. The van der Waals surface area contributed by atoms with Crippen LogP contribution in [0.2, 0.25) is 5.02 Å². The smallest absolute Gasteiger partial charge is 0.194 e. The van der Waals surface area contributed by atoms with Crippen LogP contribution in [0, 0.1) is 6.92 Å². The third-order valence-electron chi connectivity index (χ3n) is 3.00. The van der Waals surface area contributed by atoms with Crippen LogP contribution in [0.4, 0.5) is 0 Å². The number of rotatable bonds is 4. The Morgan fingerprint density at radius 3 is 2.67 bits per heavy atom. The van der Waals surface area contributed by atoms with Gasteiger partial charge in [-0.1, -0.05) is 28.9 Å². The lowest BCUT2D eigenvalue weighted by Crippen LogP contribution is -2.37. The first-order chi connectivity index (χ1) is 10.1. The maximum absolute atomic E-state index is 5.89. The highest BCUT2D eigenvalue weighted by Crippen LogP contribution is 2.11. The molecular weight excluding hydrogens is 288 g/mol. The second kappa shape index (κ2) is 7.13. The number of hydrogen-bond donors (Lipinski definition) is 1. The van der Waals surface area contributed by atoms with Gasteiger partial charge < -0.3 is 14.7 Å². The second-order valence-electron chi connectivity index (χ2n) is 4.82. The predicted molar refractivity (Wildman–Crippen MR) is 84.4 cm³/mol. The maximum atomic E-state index is 5.89. The van der Waals surface area contributed by atoms with Gasteiger partial charge in [0.05, 0.1) is 12.2 Å². The number of nitrogens with zero attached hydrogens (tertiary/aromatic N) is 3. The van der Waals surface area contributed by atoms with E-state index in [0.717, 1.165) is 29.0 Å². The molecule has 0 bridgehead atoms. The molecule has 1 aromatic heterocycles. The summed E-state index contributed by atoms with van der Waals surface area (Å²) < 4.78 is 5.17. The van der Waals surface area contributed by atoms with E-state index in [1.165, 1.54) is 5.56 Å². The van der Waals surface area contributed by atoms with Gasteiger partial charge in [0.15, 0.2) is 11.7 Å². The number of halogens is 1. The topological polar surface area (TPSA) is 53.7 Å². The molecule has 0 saturated carbocycles. The highest BCUT2D eigenvalue weighted by Gasteiger charge is 2.08. The van der Waals surface area contributed by atoms with E-state index in [-0.39, 0.29) is 0 Å². The van der Waals surface area contributed by atoms with Crippen LogP contribution in [0.1, 0.15) is 17.0 Å². The fraction of sp³-hybridized carbons (Fsp3) is 0.333. The summed E-state index contributed by atoms with van der Waals surface area (Å²) in [6.45, 7) is 3.19. The molecule has 0 aliphatic carbocycles. The molecule has 0 amide bonds. The Labute approximate surface area is 129 Å². The zero-order valence-electron chi connectivity index (χ0n) is 12.4. The molecule has 0 radical (unpaired) electrons. The van der Waals surface area contributed by atoms with Crippen LogP contribution in [0.25, 0.3) is 0 Å². The van der Waals surface area contributed by atoms with E-state index < -0.39 is 0 Å². The largest absolute Gasteiger partial charge is 0.359 e. The molecule has 0 spiro atoms. The maximum Gasteiger partial charge on any atom is 0.194 e. The standard InChI is InChI=1S/C15H19ClN4O/c1-11-8-14(21-19-11)9-18-15(17-2)20(3)10-12-4-6-13(16)7-5-12/h4-8H,9-10H2,1-3H3,(H,17,18). The molecule has 2 aromatic rings. The fourth-order valence-electron chi connectivity index (χ4n) is 1.99. The molecule has 1 aromatic carbocycles. The first-order valence-electron chi connectivity index (χ1n) is 6.67. The average Bonchev–Trinajstić information content (AvgIpc) is 2.88. The lowest BCUT2D eigenvalue weighted by Gasteiger charge is -2.21. The molecular formula is C15H19ClN4O. The van der Waals surface area contributed by atoms with E-state index in [1.54, 1.807) is 7.05 Å². The van der Waals surface area contributed by atoms with E-state index in [9.17, 15) is 0 Å². The van der Waals surface area contributed by atoms with Crippen molar-refractivity contribution in [2.75, 3.05) is 14.1 Å². The van der Waals surface area contributed by atoms with Crippen LogP contribution in [-0.2, 0) is 13.1 Å². The Bertz CT molecular complexity index is 606. The zero-order chi connectivity index (χ0) is 15.2. The third-order valence-corrected chi connectivity index (χ3v) is 3.26. The first kappa shape index (κ1) is 15.4. The third kappa shape index (κ3) is 4.49. The number of aromatic nitrogens is 1. The molecule has 5 nitrogen and oxygen atoms in total. The van der Waals surface area contributed by atoms with E-state index in [2.05, 4.69) is 15.5 Å². The lowest BCUT2D eigenvalue weighted by molar-refractivity contribution is 0.373. The molecule has 112 valence electrons. The van der Waals surface area contributed by atoms with Crippen LogP contribution in [-0.4, -0.2) is 30.1 Å². The van der Waals surface area contributed by atoms with Crippen molar-refractivity contribution in [2.24, 2.45) is 4.99 Å². The van der Waals surface area contributed by atoms with Crippen LogP contribution >= 0.6 is 11.6 Å². The summed E-state index contributed by atoms with van der Waals surface area (Å²) in [5.74, 6) is 1.58. The van der Waals surface area contributed by atoms with Gasteiger partial charge in [0.1, 0.15) is 0 Å². The Balaban J connectivity index is 1.92. The Kier molecular flexibility index (Phi) is 5.22. The Morgan fingerprint density at radius 1 is 1.38 bits per heavy atom. The van der Waals surface area contributed by atoms with Crippen molar-refractivity contribution < 1.29 is 4.52 Å². The van der Waals surface area contributed by atoms with Gasteiger partial charge in [0.25, 0.3) is 0 Å². The van der Waals surface area contributed by atoms with Gasteiger partial charge in [-0.05, 0) is 24.6 Å². The van der Waals surface area contributed by atoms with E-state index in [0.29, 0.717) is 6.54 Å². The summed E-state index contributed by atoms with van der Waals surface area (Å²) in [6.07, 6.45) is 0. The van der Waals surface area contributed by atoms with Gasteiger partial charge in [-0.3, -0.25) is 4.99 Å². The number of guanidine groups is 1. The number of aryl methyl sites for hydroxylation is 1. The van der Waals surface area contributed by atoms with Crippen LogP contribution in [0.3, 0.4) is 0 Å². The summed E-state index contributed by atoms with van der Waals surface area (Å²) >= 11 is 5.89. The van der Waals surface area contributed by atoms with Crippen LogP contribution in [0.5, 0.6) is 0 Å². The van der Waals surface area contributed by atoms with Crippen LogP contribution in [0.15, 0.2) is 39.8 Å². The van der Waals surface area contributed by atoms with E-state index in [1.807, 2.05) is 49.2 Å². The minimum Gasteiger partial charge on any atom is -0.359 e. The molecule has 2 rings (SSSR count). The summed E-state index contributed by atoms with van der Waals surface area (Å²) in [4.78, 5) is 6.30. The number of nitrogens with one attached hydrogen (secondary N) is 1. The summed E-state index contributed by atoms with van der Waals surface area (Å²) in [6, 6.07) is 9.69. The molecule has 21 heavy (non-hydrogen) atoms. The predicted octanol–water partition coefficient (Wildman–Crippen LogP) is 2.84. The van der Waals surface area contributed by atoms with Gasteiger partial charge in [-0.2, -0.15) is 0 Å². The van der Waals surface area contributed by atoms with Crippen molar-refractivity contribution in [2.45, 2.75) is 20.0 Å². The Hall–Kier alpha value is -2.01. The van der Waals surface area contributed by atoms with Gasteiger partial charge in [0.2, 0.25) is 0 Å². The SMILES string of the molecule is CN=C(NCc1cc(C)no1)N(C)Cc1ccc(Cl)cc1. The summed E-state index contributed by atoms with van der Waals surface area (Å²) in [5.41, 5.74) is 2.04. The number of hydrogen-bond acceptors (Lipinski definition) is 3. The van der Waals surface area contributed by atoms with Crippen molar-refractivity contribution in [3.05, 3.63) is 52.4 Å². The monoisotopic (exact) mass is 306 g/mol. The molecule has 0 aliphatic heterocycles. The van der Waals surface area contributed by atoms with Gasteiger partial charge >= 0.3 is 0 Å². The summed E-state index contributed by atoms with van der Waals surface area (Å²) in [5, 5.41) is 7.85. The first-order valence-corrected chi connectivity index (χ1v) is 7.04. The van der Waals surface area contributed by atoms with Crippen molar-refractivity contribution >= 4 is 17.6 Å². The minimum atomic E-state index is 0.554. The quantitative estimate of drug-likeness (QED) is 0.697. The average molecular weight is 307 g/mol. The minimum absolute atomic E-state index is 0.554.